The van der Waals surface area contributed by atoms with Crippen LogP contribution in [0.5, 0.6) is 0 Å². The maximum atomic E-state index is 12.4. The Morgan fingerprint density at radius 1 is 1.32 bits per heavy atom. The molecule has 1 aromatic rings. The lowest BCUT2D eigenvalue weighted by molar-refractivity contribution is -0.133. The zero-order valence-corrected chi connectivity index (χ0v) is 12.6. The zero-order valence-electron chi connectivity index (χ0n) is 11.8. The zero-order chi connectivity index (χ0) is 13.7. The molecule has 0 saturated carbocycles. The number of nitrogens with zero attached hydrogens (tertiary/aromatic N) is 2. The van der Waals surface area contributed by atoms with Crippen molar-refractivity contribution < 1.29 is 4.79 Å². The minimum absolute atomic E-state index is 0.130. The van der Waals surface area contributed by atoms with Crippen LogP contribution in [0.25, 0.3) is 0 Å². The summed E-state index contributed by atoms with van der Waals surface area (Å²) in [7, 11) is 0. The summed E-state index contributed by atoms with van der Waals surface area (Å²) in [4.78, 5) is 18.7. The number of hydrogen-bond acceptors (Lipinski definition) is 4. The van der Waals surface area contributed by atoms with E-state index in [-0.39, 0.29) is 18.0 Å². The van der Waals surface area contributed by atoms with E-state index in [1.54, 1.807) is 17.5 Å². The van der Waals surface area contributed by atoms with Crippen LogP contribution >= 0.6 is 11.3 Å². The molecule has 1 saturated heterocycles. The van der Waals surface area contributed by atoms with Crippen molar-refractivity contribution in [2.24, 2.45) is 0 Å². The topological polar surface area (TPSA) is 45.2 Å². The van der Waals surface area contributed by atoms with Gasteiger partial charge in [0.25, 0.3) is 0 Å². The van der Waals surface area contributed by atoms with Gasteiger partial charge in [0.05, 0.1) is 12.1 Å². The van der Waals surface area contributed by atoms with E-state index in [1.165, 1.54) is 12.8 Å². The Balaban J connectivity index is 1.87. The van der Waals surface area contributed by atoms with Crippen LogP contribution in [0.4, 0.5) is 0 Å². The number of rotatable bonds is 4. The second kappa shape index (κ2) is 7.01. The fraction of sp³-hybridized carbons (Fsp3) is 0.714. The smallest absolute Gasteiger partial charge is 0.239 e. The summed E-state index contributed by atoms with van der Waals surface area (Å²) < 4.78 is 0. The lowest BCUT2D eigenvalue weighted by Gasteiger charge is -2.26. The Morgan fingerprint density at radius 2 is 2.00 bits per heavy atom. The van der Waals surface area contributed by atoms with Gasteiger partial charge in [0, 0.05) is 24.7 Å². The second-order valence-corrected chi connectivity index (χ2v) is 6.15. The van der Waals surface area contributed by atoms with Crippen molar-refractivity contribution in [1.82, 2.24) is 15.2 Å². The molecule has 1 N–H and O–H groups in total. The lowest BCUT2D eigenvalue weighted by atomic mass is 10.2. The Bertz CT molecular complexity index is 385. The highest BCUT2D eigenvalue weighted by atomic mass is 32.1. The van der Waals surface area contributed by atoms with E-state index in [0.29, 0.717) is 0 Å². The van der Waals surface area contributed by atoms with E-state index in [0.717, 1.165) is 30.9 Å². The van der Waals surface area contributed by atoms with Crippen molar-refractivity contribution in [2.75, 3.05) is 13.1 Å². The molecule has 5 heteroatoms. The molecule has 1 aliphatic rings. The molecule has 0 aromatic carbocycles. The monoisotopic (exact) mass is 281 g/mol. The maximum Gasteiger partial charge on any atom is 0.239 e. The molecule has 2 rings (SSSR count). The molecule has 1 aromatic heterocycles. The van der Waals surface area contributed by atoms with Crippen molar-refractivity contribution in [1.29, 1.82) is 0 Å². The van der Waals surface area contributed by atoms with E-state index >= 15 is 0 Å². The van der Waals surface area contributed by atoms with E-state index in [4.69, 9.17) is 0 Å². The molecule has 2 heterocycles. The van der Waals surface area contributed by atoms with Crippen LogP contribution in [0.1, 0.15) is 50.6 Å². The van der Waals surface area contributed by atoms with Gasteiger partial charge in [-0.05, 0) is 26.7 Å². The summed E-state index contributed by atoms with van der Waals surface area (Å²) >= 11 is 1.63. The molecule has 106 valence electrons. The number of thiazole rings is 1. The van der Waals surface area contributed by atoms with E-state index in [9.17, 15) is 4.79 Å². The predicted molar refractivity (Wildman–Crippen MR) is 78.2 cm³/mol. The van der Waals surface area contributed by atoms with Crippen LogP contribution in [0, 0.1) is 0 Å². The molecule has 1 fully saturated rings. The van der Waals surface area contributed by atoms with Gasteiger partial charge < -0.3 is 4.90 Å². The van der Waals surface area contributed by atoms with Crippen molar-refractivity contribution in [3.63, 3.8) is 0 Å². The number of amides is 1. The predicted octanol–water partition coefficient (Wildman–Crippen LogP) is 2.58. The van der Waals surface area contributed by atoms with E-state index < -0.39 is 0 Å². The molecule has 2 atom stereocenters. The molecule has 0 bridgehead atoms. The molecular formula is C14H23N3OS. The van der Waals surface area contributed by atoms with Crippen LogP contribution in [0.15, 0.2) is 11.6 Å². The molecule has 1 aliphatic heterocycles. The Labute approximate surface area is 119 Å². The fourth-order valence-electron chi connectivity index (χ4n) is 2.53. The highest BCUT2D eigenvalue weighted by molar-refractivity contribution is 7.09. The van der Waals surface area contributed by atoms with Crippen LogP contribution in [0.2, 0.25) is 0 Å². The summed E-state index contributed by atoms with van der Waals surface area (Å²) in [5, 5.41) is 6.36. The average molecular weight is 281 g/mol. The first-order valence-corrected chi connectivity index (χ1v) is 8.00. The maximum absolute atomic E-state index is 12.4. The van der Waals surface area contributed by atoms with Gasteiger partial charge in [-0.1, -0.05) is 12.8 Å². The quantitative estimate of drug-likeness (QED) is 0.922. The van der Waals surface area contributed by atoms with Crippen molar-refractivity contribution >= 4 is 17.2 Å². The molecule has 19 heavy (non-hydrogen) atoms. The summed E-state index contributed by atoms with van der Waals surface area (Å²) in [6.45, 7) is 5.84. The van der Waals surface area contributed by atoms with Crippen molar-refractivity contribution in [3.8, 4) is 0 Å². The van der Waals surface area contributed by atoms with Gasteiger partial charge in [0.1, 0.15) is 5.01 Å². The van der Waals surface area contributed by atoms with Gasteiger partial charge in [-0.3, -0.25) is 10.1 Å². The molecule has 1 amide bonds. The average Bonchev–Trinajstić information content (AvgIpc) is 2.81. The number of likely N-dealkylation sites (tertiary alicyclic amines) is 1. The Hall–Kier alpha value is -0.940. The third-order valence-corrected chi connectivity index (χ3v) is 4.57. The van der Waals surface area contributed by atoms with Gasteiger partial charge in [-0.2, -0.15) is 0 Å². The van der Waals surface area contributed by atoms with E-state index in [2.05, 4.69) is 17.2 Å². The molecule has 2 unspecified atom stereocenters. The molecule has 4 nitrogen and oxygen atoms in total. The third-order valence-electron chi connectivity index (χ3n) is 3.61. The summed E-state index contributed by atoms with van der Waals surface area (Å²) in [6, 6.07) is -0.0112. The Morgan fingerprint density at radius 3 is 2.58 bits per heavy atom. The Kier molecular flexibility index (Phi) is 5.34. The highest BCUT2D eigenvalue weighted by Gasteiger charge is 2.23. The first-order chi connectivity index (χ1) is 9.18. The van der Waals surface area contributed by atoms with Gasteiger partial charge in [-0.25, -0.2) is 4.98 Å². The fourth-order valence-corrected chi connectivity index (χ4v) is 3.19. The minimum Gasteiger partial charge on any atom is -0.341 e. The van der Waals surface area contributed by atoms with E-state index in [1.807, 2.05) is 17.2 Å². The number of carbonyl (C=O) groups excluding carboxylic acids is 1. The second-order valence-electron chi connectivity index (χ2n) is 5.22. The highest BCUT2D eigenvalue weighted by Crippen LogP contribution is 2.16. The van der Waals surface area contributed by atoms with Crippen LogP contribution in [-0.2, 0) is 4.79 Å². The number of hydrogen-bond donors (Lipinski definition) is 1. The number of nitrogens with one attached hydrogen (secondary N) is 1. The molecule has 0 aliphatic carbocycles. The van der Waals surface area contributed by atoms with Gasteiger partial charge in [0.2, 0.25) is 5.91 Å². The summed E-state index contributed by atoms with van der Waals surface area (Å²) in [6.07, 6.45) is 6.59. The third kappa shape index (κ3) is 4.01. The minimum atomic E-state index is -0.142. The van der Waals surface area contributed by atoms with Crippen LogP contribution in [0.3, 0.4) is 0 Å². The standard InChI is InChI=1S/C14H23N3OS/c1-11(13-15-7-10-19-13)16-12(2)14(18)17-8-5-3-4-6-9-17/h7,10-12,16H,3-6,8-9H2,1-2H3. The largest absolute Gasteiger partial charge is 0.341 e. The lowest BCUT2D eigenvalue weighted by Crippen LogP contribution is -2.45. The van der Waals surface area contributed by atoms with Crippen LogP contribution in [-0.4, -0.2) is 34.9 Å². The van der Waals surface area contributed by atoms with Gasteiger partial charge in [0.15, 0.2) is 0 Å². The van der Waals surface area contributed by atoms with Gasteiger partial charge >= 0.3 is 0 Å². The number of carbonyl (C=O) groups is 1. The normalized spacial score (nSPS) is 19.8. The summed E-state index contributed by atoms with van der Waals surface area (Å²) in [5.41, 5.74) is 0. The molecule has 0 radical (unpaired) electrons. The summed E-state index contributed by atoms with van der Waals surface area (Å²) in [5.74, 6) is 0.227. The first-order valence-electron chi connectivity index (χ1n) is 7.12. The van der Waals surface area contributed by atoms with Crippen LogP contribution < -0.4 is 5.32 Å². The number of aromatic nitrogens is 1. The van der Waals surface area contributed by atoms with Gasteiger partial charge in [-0.15, -0.1) is 11.3 Å². The molecular weight excluding hydrogens is 258 g/mol. The SMILES string of the molecule is CC(NC(C)c1nccs1)C(=O)N1CCCCCC1. The van der Waals surface area contributed by atoms with Crippen molar-refractivity contribution in [3.05, 3.63) is 16.6 Å². The van der Waals surface area contributed by atoms with Crippen molar-refractivity contribution in [2.45, 2.75) is 51.6 Å². The molecule has 0 spiro atoms. The first kappa shape index (κ1) is 14.5.